The summed E-state index contributed by atoms with van der Waals surface area (Å²) in [5.74, 6) is -2.13. The lowest BCUT2D eigenvalue weighted by Crippen LogP contribution is -2.38. The topological polar surface area (TPSA) is 86.6 Å². The van der Waals surface area contributed by atoms with Crippen molar-refractivity contribution in [3.63, 3.8) is 0 Å². The number of aliphatic hydroxyl groups excluding tert-OH is 1. The normalized spacial score (nSPS) is 27.3. The molecule has 5 heteroatoms. The highest BCUT2D eigenvalue weighted by Crippen LogP contribution is 2.31. The predicted octanol–water partition coefficient (Wildman–Crippen LogP) is -0.0157. The van der Waals surface area contributed by atoms with Gasteiger partial charge in [-0.3, -0.25) is 9.59 Å². The number of carboxylic acid groups (broad SMARTS) is 1. The molecule has 0 saturated heterocycles. The van der Waals surface area contributed by atoms with Gasteiger partial charge in [-0.15, -0.1) is 0 Å². The molecule has 1 saturated carbocycles. The second-order valence-corrected chi connectivity index (χ2v) is 4.08. The summed E-state index contributed by atoms with van der Waals surface area (Å²) in [4.78, 5) is 22.4. The van der Waals surface area contributed by atoms with Crippen LogP contribution >= 0.6 is 0 Å². The van der Waals surface area contributed by atoms with Crippen LogP contribution in [0.3, 0.4) is 0 Å². The Bertz CT molecular complexity index is 252. The van der Waals surface area contributed by atoms with Crippen LogP contribution in [0.5, 0.6) is 0 Å². The van der Waals surface area contributed by atoms with E-state index in [9.17, 15) is 9.59 Å². The van der Waals surface area contributed by atoms with E-state index in [2.05, 4.69) is 5.32 Å². The number of carboxylic acids is 1. The van der Waals surface area contributed by atoms with Crippen molar-refractivity contribution in [2.45, 2.75) is 32.3 Å². The largest absolute Gasteiger partial charge is 0.481 e. The van der Waals surface area contributed by atoms with Gasteiger partial charge >= 0.3 is 5.97 Å². The fraction of sp³-hybridized carbons (Fsp3) is 0.800. The summed E-state index contributed by atoms with van der Waals surface area (Å²) in [7, 11) is 0. The molecule has 0 aromatic rings. The minimum Gasteiger partial charge on any atom is -0.481 e. The number of amides is 1. The highest BCUT2D eigenvalue weighted by molar-refractivity contribution is 5.85. The molecule has 1 rings (SSSR count). The molecule has 0 bridgehead atoms. The van der Waals surface area contributed by atoms with Crippen LogP contribution in [0.4, 0.5) is 0 Å². The van der Waals surface area contributed by atoms with E-state index >= 15 is 0 Å². The van der Waals surface area contributed by atoms with Gasteiger partial charge in [0.2, 0.25) is 5.91 Å². The average molecular weight is 215 g/mol. The van der Waals surface area contributed by atoms with E-state index in [1.807, 2.05) is 0 Å². The van der Waals surface area contributed by atoms with Gasteiger partial charge in [0, 0.05) is 6.54 Å². The number of rotatable bonds is 4. The number of carbonyl (C=O) groups is 2. The fourth-order valence-electron chi connectivity index (χ4n) is 1.95. The Balaban J connectivity index is 2.47. The van der Waals surface area contributed by atoms with Gasteiger partial charge < -0.3 is 15.5 Å². The van der Waals surface area contributed by atoms with Crippen molar-refractivity contribution in [3.05, 3.63) is 0 Å². The summed E-state index contributed by atoms with van der Waals surface area (Å²) < 4.78 is 0. The first-order chi connectivity index (χ1) is 7.02. The van der Waals surface area contributed by atoms with Crippen LogP contribution in [-0.2, 0) is 9.59 Å². The maximum atomic E-state index is 11.6. The number of hydrogen-bond acceptors (Lipinski definition) is 3. The highest BCUT2D eigenvalue weighted by atomic mass is 16.4. The van der Waals surface area contributed by atoms with Crippen molar-refractivity contribution >= 4 is 11.9 Å². The third kappa shape index (κ3) is 3.20. The van der Waals surface area contributed by atoms with Crippen LogP contribution in [-0.4, -0.2) is 34.7 Å². The molecular weight excluding hydrogens is 198 g/mol. The molecule has 1 aliphatic carbocycles. The lowest BCUT2D eigenvalue weighted by molar-refractivity contribution is -0.146. The van der Waals surface area contributed by atoms with Crippen LogP contribution in [0.25, 0.3) is 0 Å². The monoisotopic (exact) mass is 215 g/mol. The molecule has 3 N–H and O–H groups in total. The van der Waals surface area contributed by atoms with E-state index in [0.29, 0.717) is 12.8 Å². The molecular formula is C10H17NO4. The molecule has 0 spiro atoms. The summed E-state index contributed by atoms with van der Waals surface area (Å²) in [5.41, 5.74) is 0. The quantitative estimate of drug-likeness (QED) is 0.615. The second kappa shape index (κ2) is 5.11. The van der Waals surface area contributed by atoms with E-state index in [1.54, 1.807) is 6.92 Å². The lowest BCUT2D eigenvalue weighted by Gasteiger charge is -2.16. The average Bonchev–Trinajstić information content (AvgIpc) is 2.62. The Morgan fingerprint density at radius 3 is 2.53 bits per heavy atom. The third-order valence-electron chi connectivity index (χ3n) is 2.74. The molecule has 15 heavy (non-hydrogen) atoms. The summed E-state index contributed by atoms with van der Waals surface area (Å²) in [5, 5.41) is 20.4. The Morgan fingerprint density at radius 2 is 2.00 bits per heavy atom. The molecule has 0 aromatic carbocycles. The van der Waals surface area contributed by atoms with Gasteiger partial charge in [-0.1, -0.05) is 6.42 Å². The van der Waals surface area contributed by atoms with Crippen LogP contribution in [0, 0.1) is 11.8 Å². The van der Waals surface area contributed by atoms with Crippen LogP contribution in [0.15, 0.2) is 0 Å². The summed E-state index contributed by atoms with van der Waals surface area (Å²) in [6.07, 6.45) is 1.38. The van der Waals surface area contributed by atoms with Crippen LogP contribution < -0.4 is 5.32 Å². The van der Waals surface area contributed by atoms with Gasteiger partial charge in [0.15, 0.2) is 0 Å². The third-order valence-corrected chi connectivity index (χ3v) is 2.74. The zero-order chi connectivity index (χ0) is 11.4. The van der Waals surface area contributed by atoms with Crippen molar-refractivity contribution < 1.29 is 19.8 Å². The first-order valence-electron chi connectivity index (χ1n) is 5.21. The van der Waals surface area contributed by atoms with Crippen molar-refractivity contribution in [1.82, 2.24) is 5.32 Å². The minimum absolute atomic E-state index is 0.182. The van der Waals surface area contributed by atoms with Gasteiger partial charge in [-0.25, -0.2) is 0 Å². The van der Waals surface area contributed by atoms with E-state index in [4.69, 9.17) is 10.2 Å². The molecule has 1 fully saturated rings. The van der Waals surface area contributed by atoms with E-state index in [1.165, 1.54) is 0 Å². The van der Waals surface area contributed by atoms with Crippen LogP contribution in [0.1, 0.15) is 26.2 Å². The van der Waals surface area contributed by atoms with Crippen molar-refractivity contribution in [1.29, 1.82) is 0 Å². The molecule has 0 heterocycles. The number of aliphatic hydroxyl groups is 1. The summed E-state index contributed by atoms with van der Waals surface area (Å²) in [6, 6.07) is 0. The highest BCUT2D eigenvalue weighted by Gasteiger charge is 2.37. The smallest absolute Gasteiger partial charge is 0.307 e. The Labute approximate surface area is 88.5 Å². The fourth-order valence-corrected chi connectivity index (χ4v) is 1.95. The maximum Gasteiger partial charge on any atom is 0.307 e. The number of hydrogen-bond donors (Lipinski definition) is 3. The standard InChI is InChI=1S/C10H17NO4/c1-6(12)5-11-9(13)7-3-2-4-8(7)10(14)15/h6-8,12H,2-5H2,1H3,(H,11,13)(H,14,15)/t6-,7+,8-/m0/s1. The Morgan fingerprint density at radius 1 is 1.40 bits per heavy atom. The van der Waals surface area contributed by atoms with Crippen LogP contribution in [0.2, 0.25) is 0 Å². The minimum atomic E-state index is -0.898. The molecule has 0 aliphatic heterocycles. The molecule has 1 aliphatic rings. The molecule has 3 atom stereocenters. The van der Waals surface area contributed by atoms with Gasteiger partial charge in [0.05, 0.1) is 17.9 Å². The second-order valence-electron chi connectivity index (χ2n) is 4.08. The van der Waals surface area contributed by atoms with Crippen molar-refractivity contribution in [2.75, 3.05) is 6.54 Å². The molecule has 0 aromatic heterocycles. The summed E-state index contributed by atoms with van der Waals surface area (Å²) >= 11 is 0. The van der Waals surface area contributed by atoms with Gasteiger partial charge in [0.25, 0.3) is 0 Å². The SMILES string of the molecule is C[C@H](O)CNC(=O)[C@@H]1CCC[C@@H]1C(=O)O. The number of nitrogens with one attached hydrogen (secondary N) is 1. The first-order valence-corrected chi connectivity index (χ1v) is 5.21. The van der Waals surface area contributed by atoms with E-state index in [-0.39, 0.29) is 12.5 Å². The maximum absolute atomic E-state index is 11.6. The molecule has 1 amide bonds. The van der Waals surface area contributed by atoms with E-state index in [0.717, 1.165) is 6.42 Å². The van der Waals surface area contributed by atoms with Gasteiger partial charge in [-0.05, 0) is 19.8 Å². The molecule has 0 radical (unpaired) electrons. The lowest BCUT2D eigenvalue weighted by atomic mass is 9.95. The van der Waals surface area contributed by atoms with E-state index < -0.39 is 23.9 Å². The summed E-state index contributed by atoms with van der Waals surface area (Å²) in [6.45, 7) is 1.76. The first kappa shape index (κ1) is 12.0. The van der Waals surface area contributed by atoms with Gasteiger partial charge in [-0.2, -0.15) is 0 Å². The van der Waals surface area contributed by atoms with Gasteiger partial charge in [0.1, 0.15) is 0 Å². The molecule has 5 nitrogen and oxygen atoms in total. The number of aliphatic carboxylic acids is 1. The number of carbonyl (C=O) groups excluding carboxylic acids is 1. The zero-order valence-corrected chi connectivity index (χ0v) is 8.77. The molecule has 0 unspecified atom stereocenters. The predicted molar refractivity (Wildman–Crippen MR) is 53.2 cm³/mol. The Kier molecular flexibility index (Phi) is 4.08. The van der Waals surface area contributed by atoms with Crippen molar-refractivity contribution in [2.24, 2.45) is 11.8 Å². The van der Waals surface area contributed by atoms with Crippen molar-refractivity contribution in [3.8, 4) is 0 Å². The zero-order valence-electron chi connectivity index (χ0n) is 8.77. The Hall–Kier alpha value is -1.10. The molecule has 86 valence electrons.